The van der Waals surface area contributed by atoms with Crippen LogP contribution in [0.5, 0.6) is 0 Å². The van der Waals surface area contributed by atoms with Gasteiger partial charge in [-0.05, 0) is 24.3 Å². The molecule has 0 saturated heterocycles. The summed E-state index contributed by atoms with van der Waals surface area (Å²) in [6, 6.07) is 43.9. The highest BCUT2D eigenvalue weighted by Crippen LogP contribution is 2.37. The Morgan fingerprint density at radius 2 is 0.833 bits per heavy atom. The fourth-order valence-electron chi connectivity index (χ4n) is 6.26. The maximum atomic E-state index is 5.21. The summed E-state index contributed by atoms with van der Waals surface area (Å²) in [7, 11) is 0. The predicted molar refractivity (Wildman–Crippen MR) is 169 cm³/mol. The van der Waals surface area contributed by atoms with Crippen molar-refractivity contribution in [3.8, 4) is 23.0 Å². The summed E-state index contributed by atoms with van der Waals surface area (Å²) in [4.78, 5) is 20.1. The molecule has 9 rings (SSSR count). The lowest BCUT2D eigenvalue weighted by atomic mass is 10.2. The topological polar surface area (TPSA) is 61.4 Å². The van der Waals surface area contributed by atoms with Gasteiger partial charge in [0.2, 0.25) is 0 Å². The highest BCUT2D eigenvalue weighted by molar-refractivity contribution is 6.11. The minimum atomic E-state index is 0.622. The van der Waals surface area contributed by atoms with Crippen molar-refractivity contribution in [3.63, 3.8) is 0 Å². The molecule has 0 aliphatic rings. The Labute approximate surface area is 240 Å². The van der Waals surface area contributed by atoms with Crippen molar-refractivity contribution in [2.45, 2.75) is 0 Å². The van der Waals surface area contributed by atoms with Gasteiger partial charge in [-0.2, -0.15) is 0 Å². The molecule has 4 heterocycles. The average molecular weight is 539 g/mol. The van der Waals surface area contributed by atoms with Crippen molar-refractivity contribution < 1.29 is 0 Å². The van der Waals surface area contributed by atoms with Crippen LogP contribution in [0.15, 0.2) is 134 Å². The van der Waals surface area contributed by atoms with Crippen molar-refractivity contribution in [1.82, 2.24) is 29.1 Å². The number of rotatable bonds is 3. The molecular formula is C36H22N6. The molecule has 0 saturated carbocycles. The second kappa shape index (κ2) is 8.81. The summed E-state index contributed by atoms with van der Waals surface area (Å²) in [5.41, 5.74) is 6.57. The van der Waals surface area contributed by atoms with Crippen LogP contribution in [-0.4, -0.2) is 29.1 Å². The quantitative estimate of drug-likeness (QED) is 0.227. The molecule has 0 fully saturated rings. The minimum absolute atomic E-state index is 0.622. The number of hydrogen-bond donors (Lipinski definition) is 0. The lowest BCUT2D eigenvalue weighted by Crippen LogP contribution is -2.08. The molecule has 42 heavy (non-hydrogen) atoms. The molecule has 6 heteroatoms. The van der Waals surface area contributed by atoms with Gasteiger partial charge in [-0.3, -0.25) is 9.13 Å². The van der Waals surface area contributed by atoms with E-state index >= 15 is 0 Å². The van der Waals surface area contributed by atoms with Gasteiger partial charge in [0.25, 0.3) is 0 Å². The van der Waals surface area contributed by atoms with Gasteiger partial charge in [0, 0.05) is 27.1 Å². The fourth-order valence-corrected chi connectivity index (χ4v) is 6.26. The van der Waals surface area contributed by atoms with E-state index in [0.717, 1.165) is 50.0 Å². The molecule has 0 atom stereocenters. The number of para-hydroxylation sites is 4. The number of fused-ring (bicyclic) bond motifs is 7. The normalized spacial score (nSPS) is 11.8. The van der Waals surface area contributed by atoms with Gasteiger partial charge in [-0.15, -0.1) is 0 Å². The molecule has 0 amide bonds. The lowest BCUT2D eigenvalue weighted by molar-refractivity contribution is 1.02. The van der Waals surface area contributed by atoms with E-state index in [-0.39, 0.29) is 0 Å². The van der Waals surface area contributed by atoms with Crippen LogP contribution >= 0.6 is 0 Å². The number of nitrogens with zero attached hydrogens (tertiary/aromatic N) is 6. The molecule has 0 bridgehead atoms. The number of aromatic nitrogens is 6. The second-order valence-electron chi connectivity index (χ2n) is 10.4. The Balaban J connectivity index is 1.47. The van der Waals surface area contributed by atoms with Crippen LogP contribution in [0.25, 0.3) is 77.7 Å². The summed E-state index contributed by atoms with van der Waals surface area (Å²) in [5.74, 6) is 2.07. The Bertz CT molecular complexity index is 2370. The monoisotopic (exact) mass is 538 g/mol. The molecule has 6 nitrogen and oxygen atoms in total. The first kappa shape index (κ1) is 22.9. The molecular weight excluding hydrogens is 516 g/mol. The molecule has 0 aliphatic carbocycles. The fraction of sp³-hybridized carbons (Fsp3) is 0. The van der Waals surface area contributed by atoms with Crippen LogP contribution in [0, 0.1) is 0 Å². The zero-order chi connectivity index (χ0) is 27.6. The van der Waals surface area contributed by atoms with E-state index in [1.54, 1.807) is 6.33 Å². The molecule has 4 aromatic heterocycles. The van der Waals surface area contributed by atoms with Crippen molar-refractivity contribution in [3.05, 3.63) is 134 Å². The van der Waals surface area contributed by atoms with Gasteiger partial charge in [0.05, 0.1) is 22.1 Å². The molecule has 0 spiro atoms. The average Bonchev–Trinajstić information content (AvgIpc) is 3.57. The molecule has 9 aromatic rings. The van der Waals surface area contributed by atoms with Gasteiger partial charge in [-0.1, -0.05) is 103 Å². The molecule has 0 radical (unpaired) electrons. The Kier molecular flexibility index (Phi) is 4.80. The van der Waals surface area contributed by atoms with Crippen molar-refractivity contribution in [2.24, 2.45) is 0 Å². The van der Waals surface area contributed by atoms with Crippen LogP contribution in [0.3, 0.4) is 0 Å². The lowest BCUT2D eigenvalue weighted by Gasteiger charge is -2.14. The number of hydrogen-bond acceptors (Lipinski definition) is 4. The Hall–Kier alpha value is -5.88. The van der Waals surface area contributed by atoms with E-state index in [4.69, 9.17) is 19.9 Å². The maximum absolute atomic E-state index is 5.21. The van der Waals surface area contributed by atoms with Crippen LogP contribution in [0.1, 0.15) is 0 Å². The molecule has 0 unspecified atom stereocenters. The van der Waals surface area contributed by atoms with E-state index in [2.05, 4.69) is 106 Å². The third-order valence-electron chi connectivity index (χ3n) is 8.06. The van der Waals surface area contributed by atoms with E-state index in [0.29, 0.717) is 16.9 Å². The highest BCUT2D eigenvalue weighted by atomic mass is 15.1. The minimum Gasteiger partial charge on any atom is -0.292 e. The largest absolute Gasteiger partial charge is 0.292 e. The van der Waals surface area contributed by atoms with Crippen LogP contribution < -0.4 is 0 Å². The molecule has 196 valence electrons. The Morgan fingerprint density at radius 1 is 0.381 bits per heavy atom. The first-order valence-electron chi connectivity index (χ1n) is 13.9. The SMILES string of the molecule is c1ccc(-c2nc(-n3c4ccccc4c4ccccc43)c3ncnc(-n4c5ccccc5c5ccccc54)c3n2)cc1. The summed E-state index contributed by atoms with van der Waals surface area (Å²) < 4.78 is 4.41. The standard InChI is InChI=1S/C36H22N6/c1-2-12-23(13-3-1)34-39-33-32(36(40-34)42-30-20-10-6-16-26(30)27-17-7-11-21-31(27)42)37-22-38-35(33)41-28-18-8-4-14-24(28)25-15-5-9-19-29(25)41/h1-22H. The summed E-state index contributed by atoms with van der Waals surface area (Å²) in [6.45, 7) is 0. The third kappa shape index (κ3) is 3.20. The maximum Gasteiger partial charge on any atom is 0.168 e. The smallest absolute Gasteiger partial charge is 0.168 e. The Morgan fingerprint density at radius 3 is 1.36 bits per heavy atom. The van der Waals surface area contributed by atoms with Crippen LogP contribution in [0.4, 0.5) is 0 Å². The highest BCUT2D eigenvalue weighted by Gasteiger charge is 2.22. The second-order valence-corrected chi connectivity index (χ2v) is 10.4. The van der Waals surface area contributed by atoms with Crippen LogP contribution in [-0.2, 0) is 0 Å². The van der Waals surface area contributed by atoms with E-state index in [1.165, 1.54) is 10.8 Å². The zero-order valence-corrected chi connectivity index (χ0v) is 22.4. The third-order valence-corrected chi connectivity index (χ3v) is 8.06. The van der Waals surface area contributed by atoms with E-state index in [1.807, 2.05) is 30.3 Å². The molecule has 0 aliphatic heterocycles. The van der Waals surface area contributed by atoms with Gasteiger partial charge in [0.1, 0.15) is 17.4 Å². The van der Waals surface area contributed by atoms with Crippen molar-refractivity contribution in [2.75, 3.05) is 0 Å². The van der Waals surface area contributed by atoms with Crippen LogP contribution in [0.2, 0.25) is 0 Å². The summed E-state index contributed by atoms with van der Waals surface area (Å²) in [6.07, 6.45) is 1.63. The molecule has 0 N–H and O–H groups in total. The number of benzene rings is 5. The van der Waals surface area contributed by atoms with Gasteiger partial charge in [-0.25, -0.2) is 19.9 Å². The van der Waals surface area contributed by atoms with Gasteiger partial charge < -0.3 is 0 Å². The van der Waals surface area contributed by atoms with E-state index in [9.17, 15) is 0 Å². The summed E-state index contributed by atoms with van der Waals surface area (Å²) >= 11 is 0. The molecule has 5 aromatic carbocycles. The first-order valence-corrected chi connectivity index (χ1v) is 13.9. The first-order chi connectivity index (χ1) is 20.9. The van der Waals surface area contributed by atoms with Crippen molar-refractivity contribution in [1.29, 1.82) is 0 Å². The predicted octanol–water partition coefficient (Wildman–Crippen LogP) is 8.28. The van der Waals surface area contributed by atoms with E-state index < -0.39 is 0 Å². The van der Waals surface area contributed by atoms with Crippen molar-refractivity contribution >= 4 is 54.6 Å². The van der Waals surface area contributed by atoms with Gasteiger partial charge in [0.15, 0.2) is 17.5 Å². The summed E-state index contributed by atoms with van der Waals surface area (Å²) in [5, 5.41) is 4.66. The zero-order valence-electron chi connectivity index (χ0n) is 22.4. The van der Waals surface area contributed by atoms with Gasteiger partial charge >= 0.3 is 0 Å².